The Bertz CT molecular complexity index is 1630. The first-order chi connectivity index (χ1) is 20.8. The number of hydrogen-bond acceptors (Lipinski definition) is 10. The number of hydrogen-bond donors (Lipinski definition) is 3. The van der Waals surface area contributed by atoms with Crippen LogP contribution in [-0.2, 0) is 4.79 Å². The SMILES string of the molecule is C=CC(=O)Nc1cc(N2CCN(CC)CC2)ccc1Nc1ncc2oc(C(O)c3c(F)c(OC)cc(OC)c3F)cc2n1. The van der Waals surface area contributed by atoms with E-state index in [1.165, 1.54) is 32.6 Å². The van der Waals surface area contributed by atoms with Crippen molar-refractivity contribution in [2.45, 2.75) is 13.0 Å². The molecule has 0 spiro atoms. The molecular formula is C30H32F2N6O5. The first kappa shape index (κ1) is 29.7. The Labute approximate surface area is 246 Å². The fourth-order valence-electron chi connectivity index (χ4n) is 4.91. The number of furan rings is 1. The van der Waals surface area contributed by atoms with Crippen LogP contribution in [0.25, 0.3) is 11.1 Å². The maximum Gasteiger partial charge on any atom is 0.247 e. The zero-order valence-corrected chi connectivity index (χ0v) is 24.0. The molecule has 3 heterocycles. The summed E-state index contributed by atoms with van der Waals surface area (Å²) in [6.45, 7) is 10.3. The number of amides is 1. The third-order valence-electron chi connectivity index (χ3n) is 7.32. The number of halogens is 2. The molecule has 4 aromatic rings. The average Bonchev–Trinajstić information content (AvgIpc) is 3.45. The zero-order chi connectivity index (χ0) is 30.7. The number of rotatable bonds is 10. The van der Waals surface area contributed by atoms with Gasteiger partial charge in [-0.25, -0.2) is 18.7 Å². The van der Waals surface area contributed by atoms with E-state index in [0.29, 0.717) is 11.4 Å². The lowest BCUT2D eigenvalue weighted by Gasteiger charge is -2.35. The van der Waals surface area contributed by atoms with Crippen LogP contribution in [0.4, 0.5) is 31.8 Å². The Hall–Kier alpha value is -4.75. The number of benzene rings is 2. The van der Waals surface area contributed by atoms with E-state index in [-0.39, 0.29) is 40.2 Å². The molecule has 1 fully saturated rings. The van der Waals surface area contributed by atoms with Gasteiger partial charge in [0, 0.05) is 44.0 Å². The molecule has 2 aromatic carbocycles. The van der Waals surface area contributed by atoms with Crippen LogP contribution in [0.3, 0.4) is 0 Å². The number of carbonyl (C=O) groups is 1. The number of nitrogens with one attached hydrogen (secondary N) is 2. The summed E-state index contributed by atoms with van der Waals surface area (Å²) >= 11 is 0. The number of likely N-dealkylation sites (N-methyl/N-ethyl adjacent to an activating group) is 1. The molecule has 226 valence electrons. The number of piperazine rings is 1. The van der Waals surface area contributed by atoms with Gasteiger partial charge in [0.05, 0.1) is 37.4 Å². The normalized spacial score (nSPS) is 14.4. The highest BCUT2D eigenvalue weighted by Crippen LogP contribution is 2.38. The van der Waals surface area contributed by atoms with Gasteiger partial charge >= 0.3 is 0 Å². The highest BCUT2D eigenvalue weighted by molar-refractivity contribution is 6.02. The minimum atomic E-state index is -1.83. The van der Waals surface area contributed by atoms with Crippen LogP contribution in [-0.4, -0.2) is 72.8 Å². The van der Waals surface area contributed by atoms with Crippen molar-refractivity contribution >= 4 is 40.0 Å². The van der Waals surface area contributed by atoms with Gasteiger partial charge in [0.2, 0.25) is 11.9 Å². The van der Waals surface area contributed by atoms with Gasteiger partial charge in [-0.3, -0.25) is 4.79 Å². The lowest BCUT2D eigenvalue weighted by molar-refractivity contribution is -0.111. The lowest BCUT2D eigenvalue weighted by atomic mass is 10.0. The topological polar surface area (TPSA) is 125 Å². The second-order valence-electron chi connectivity index (χ2n) is 9.79. The maximum atomic E-state index is 15.0. The molecule has 1 aliphatic heterocycles. The third-order valence-corrected chi connectivity index (χ3v) is 7.32. The monoisotopic (exact) mass is 594 g/mol. The number of anilines is 4. The Morgan fingerprint density at radius 2 is 1.81 bits per heavy atom. The first-order valence-electron chi connectivity index (χ1n) is 13.6. The number of aliphatic hydroxyl groups excluding tert-OH is 1. The molecule has 0 bridgehead atoms. The molecule has 1 saturated heterocycles. The zero-order valence-electron chi connectivity index (χ0n) is 24.0. The summed E-state index contributed by atoms with van der Waals surface area (Å²) in [5.41, 5.74) is 1.74. The van der Waals surface area contributed by atoms with Crippen LogP contribution < -0.4 is 25.0 Å². The summed E-state index contributed by atoms with van der Waals surface area (Å²) < 4.78 is 45.5. The highest BCUT2D eigenvalue weighted by Gasteiger charge is 2.29. The van der Waals surface area contributed by atoms with Gasteiger partial charge in [-0.2, -0.15) is 0 Å². The molecule has 0 aliphatic carbocycles. The van der Waals surface area contributed by atoms with E-state index in [0.717, 1.165) is 44.5 Å². The van der Waals surface area contributed by atoms with Crippen molar-refractivity contribution in [1.82, 2.24) is 14.9 Å². The van der Waals surface area contributed by atoms with Gasteiger partial charge in [-0.15, -0.1) is 0 Å². The van der Waals surface area contributed by atoms with Crippen molar-refractivity contribution in [2.75, 3.05) is 62.5 Å². The van der Waals surface area contributed by atoms with Crippen molar-refractivity contribution in [3.05, 3.63) is 72.1 Å². The second-order valence-corrected chi connectivity index (χ2v) is 9.79. The fourth-order valence-corrected chi connectivity index (χ4v) is 4.91. The minimum absolute atomic E-state index is 0.160. The predicted molar refractivity (Wildman–Crippen MR) is 158 cm³/mol. The van der Waals surface area contributed by atoms with Gasteiger partial charge in [0.15, 0.2) is 28.7 Å². The summed E-state index contributed by atoms with van der Waals surface area (Å²) in [5.74, 6) is -3.17. The van der Waals surface area contributed by atoms with E-state index in [2.05, 4.69) is 43.9 Å². The Morgan fingerprint density at radius 1 is 1.12 bits per heavy atom. The molecule has 1 unspecified atom stereocenters. The number of fused-ring (bicyclic) bond motifs is 1. The molecule has 43 heavy (non-hydrogen) atoms. The molecule has 1 amide bonds. The quantitative estimate of drug-likeness (QED) is 0.224. The summed E-state index contributed by atoms with van der Waals surface area (Å²) in [5, 5.41) is 16.8. The Kier molecular flexibility index (Phi) is 8.73. The number of carbonyl (C=O) groups excluding carboxylic acids is 1. The van der Waals surface area contributed by atoms with Crippen molar-refractivity contribution < 1.29 is 32.6 Å². The van der Waals surface area contributed by atoms with Gasteiger partial charge in [-0.1, -0.05) is 13.5 Å². The first-order valence-corrected chi connectivity index (χ1v) is 13.6. The van der Waals surface area contributed by atoms with E-state index >= 15 is 0 Å². The van der Waals surface area contributed by atoms with E-state index in [9.17, 15) is 18.7 Å². The number of aromatic nitrogens is 2. The largest absolute Gasteiger partial charge is 0.494 e. The summed E-state index contributed by atoms with van der Waals surface area (Å²) in [7, 11) is 2.43. The molecule has 2 aromatic heterocycles. The van der Waals surface area contributed by atoms with Crippen LogP contribution in [0.5, 0.6) is 11.5 Å². The molecule has 13 heteroatoms. The van der Waals surface area contributed by atoms with E-state index in [4.69, 9.17) is 13.9 Å². The van der Waals surface area contributed by atoms with Crippen LogP contribution in [0.1, 0.15) is 24.4 Å². The van der Waals surface area contributed by atoms with Crippen LogP contribution in [0, 0.1) is 11.6 Å². The molecule has 0 saturated carbocycles. The van der Waals surface area contributed by atoms with E-state index in [1.54, 1.807) is 0 Å². The van der Waals surface area contributed by atoms with Crippen molar-refractivity contribution in [1.29, 1.82) is 0 Å². The Morgan fingerprint density at radius 3 is 2.44 bits per heavy atom. The molecule has 11 nitrogen and oxygen atoms in total. The van der Waals surface area contributed by atoms with Gasteiger partial charge in [0.25, 0.3) is 0 Å². The van der Waals surface area contributed by atoms with Crippen molar-refractivity contribution in [3.63, 3.8) is 0 Å². The third kappa shape index (κ3) is 6.08. The second kappa shape index (κ2) is 12.6. The summed E-state index contributed by atoms with van der Waals surface area (Å²) in [6.07, 6.45) is 0.714. The smallest absolute Gasteiger partial charge is 0.247 e. The predicted octanol–water partition coefficient (Wildman–Crippen LogP) is 4.61. The van der Waals surface area contributed by atoms with Crippen LogP contribution in [0.15, 0.2) is 53.6 Å². The molecule has 0 radical (unpaired) electrons. The Balaban J connectivity index is 1.43. The molecule has 3 N–H and O–H groups in total. The number of ether oxygens (including phenoxy) is 2. The van der Waals surface area contributed by atoms with Gasteiger partial charge in [-0.05, 0) is 30.8 Å². The number of aliphatic hydroxyl groups is 1. The standard InChI is InChI=1S/C30H32F2N6O5/c1-5-25(39)34-19-13-17(38-11-9-37(6-2)10-12-38)7-8-18(19)35-30-33-16-24-20(36-30)14-23(43-24)29(40)26-27(31)21(41-3)15-22(42-4)28(26)32/h5,7-8,13-16,29,40H,1,6,9-12H2,2-4H3,(H,34,39)(H,33,35,36). The number of methoxy groups -OCH3 is 2. The molecule has 5 rings (SSSR count). The molecule has 1 atom stereocenters. The van der Waals surface area contributed by atoms with E-state index < -0.39 is 23.3 Å². The maximum absolute atomic E-state index is 15.0. The van der Waals surface area contributed by atoms with Gasteiger partial charge < -0.3 is 39.4 Å². The van der Waals surface area contributed by atoms with Gasteiger partial charge in [0.1, 0.15) is 17.4 Å². The summed E-state index contributed by atoms with van der Waals surface area (Å²) in [4.78, 5) is 25.6. The fraction of sp³-hybridized carbons (Fsp3) is 0.300. The average molecular weight is 595 g/mol. The van der Waals surface area contributed by atoms with Crippen LogP contribution in [0.2, 0.25) is 0 Å². The van der Waals surface area contributed by atoms with Crippen molar-refractivity contribution in [3.8, 4) is 11.5 Å². The molecule has 1 aliphatic rings. The summed E-state index contributed by atoms with van der Waals surface area (Å²) in [6, 6.07) is 8.05. The number of nitrogens with zero attached hydrogens (tertiary/aromatic N) is 4. The van der Waals surface area contributed by atoms with Crippen LogP contribution >= 0.6 is 0 Å². The lowest BCUT2D eigenvalue weighted by Crippen LogP contribution is -2.46. The van der Waals surface area contributed by atoms with E-state index in [1.807, 2.05) is 18.2 Å². The molecular weight excluding hydrogens is 562 g/mol. The highest BCUT2D eigenvalue weighted by atomic mass is 19.1. The minimum Gasteiger partial charge on any atom is -0.494 e. The van der Waals surface area contributed by atoms with Crippen molar-refractivity contribution in [2.24, 2.45) is 0 Å².